The second-order valence-corrected chi connectivity index (χ2v) is 7.19. The third kappa shape index (κ3) is 4.75. The van der Waals surface area contributed by atoms with Crippen molar-refractivity contribution in [1.29, 1.82) is 0 Å². The Morgan fingerprint density at radius 1 is 1.11 bits per heavy atom. The van der Waals surface area contributed by atoms with Crippen LogP contribution >= 0.6 is 11.6 Å². The van der Waals surface area contributed by atoms with Gasteiger partial charge in [-0.15, -0.1) is 0 Å². The summed E-state index contributed by atoms with van der Waals surface area (Å²) in [6.45, 7) is 3.49. The van der Waals surface area contributed by atoms with E-state index in [1.807, 2.05) is 19.1 Å². The summed E-state index contributed by atoms with van der Waals surface area (Å²) < 4.78 is 38.8. The van der Waals surface area contributed by atoms with E-state index in [-0.39, 0.29) is 22.5 Å². The van der Waals surface area contributed by atoms with E-state index < -0.39 is 11.7 Å². The van der Waals surface area contributed by atoms with Crippen LogP contribution in [0.5, 0.6) is 0 Å². The first-order valence-corrected chi connectivity index (χ1v) is 9.11. The molecule has 1 aliphatic rings. The third-order valence-corrected chi connectivity index (χ3v) is 5.13. The third-order valence-electron chi connectivity index (χ3n) is 4.80. The van der Waals surface area contributed by atoms with Crippen molar-refractivity contribution < 1.29 is 18.0 Å². The molecule has 0 atom stereocenters. The number of halogens is 4. The van der Waals surface area contributed by atoms with E-state index in [1.165, 1.54) is 11.6 Å². The Morgan fingerprint density at radius 2 is 1.74 bits per heavy atom. The van der Waals surface area contributed by atoms with Crippen molar-refractivity contribution >= 4 is 28.9 Å². The molecule has 0 saturated carbocycles. The van der Waals surface area contributed by atoms with Crippen LogP contribution in [0.1, 0.15) is 24.0 Å². The molecule has 2 aromatic carbocycles. The Bertz CT molecular complexity index is 813. The highest BCUT2D eigenvalue weighted by Crippen LogP contribution is 2.36. The molecule has 144 valence electrons. The summed E-state index contributed by atoms with van der Waals surface area (Å²) in [7, 11) is 0. The van der Waals surface area contributed by atoms with E-state index in [0.29, 0.717) is 12.8 Å². The van der Waals surface area contributed by atoms with Crippen LogP contribution in [-0.2, 0) is 11.0 Å². The first-order valence-electron chi connectivity index (χ1n) is 8.73. The number of nitrogens with one attached hydrogen (secondary N) is 1. The number of hydrogen-bond donors (Lipinski definition) is 1. The van der Waals surface area contributed by atoms with E-state index in [0.717, 1.165) is 30.9 Å². The summed E-state index contributed by atoms with van der Waals surface area (Å²) in [5.74, 6) is -0.481. The van der Waals surface area contributed by atoms with E-state index in [4.69, 9.17) is 11.6 Å². The lowest BCUT2D eigenvalue weighted by atomic mass is 9.95. The van der Waals surface area contributed by atoms with Crippen LogP contribution in [0.4, 0.5) is 24.5 Å². The zero-order chi connectivity index (χ0) is 19.6. The van der Waals surface area contributed by atoms with Gasteiger partial charge in [0.15, 0.2) is 0 Å². The molecule has 1 amide bonds. The van der Waals surface area contributed by atoms with Gasteiger partial charge in [0.25, 0.3) is 0 Å². The molecule has 1 N–H and O–H groups in total. The van der Waals surface area contributed by atoms with Gasteiger partial charge in [0.2, 0.25) is 5.91 Å². The number of benzene rings is 2. The zero-order valence-electron chi connectivity index (χ0n) is 14.8. The van der Waals surface area contributed by atoms with E-state index >= 15 is 0 Å². The van der Waals surface area contributed by atoms with E-state index in [9.17, 15) is 18.0 Å². The maximum Gasteiger partial charge on any atom is 0.417 e. The summed E-state index contributed by atoms with van der Waals surface area (Å²) >= 11 is 5.61. The second-order valence-electron chi connectivity index (χ2n) is 6.78. The minimum absolute atomic E-state index is 0.109. The molecule has 1 fully saturated rings. The van der Waals surface area contributed by atoms with Crippen molar-refractivity contribution in [3.05, 3.63) is 58.6 Å². The molecule has 0 unspecified atom stereocenters. The Morgan fingerprint density at radius 3 is 2.33 bits per heavy atom. The van der Waals surface area contributed by atoms with Gasteiger partial charge in [-0.3, -0.25) is 4.79 Å². The first-order chi connectivity index (χ1) is 12.7. The molecule has 0 radical (unpaired) electrons. The average Bonchev–Trinajstić information content (AvgIpc) is 2.63. The molecule has 3 rings (SSSR count). The van der Waals surface area contributed by atoms with Crippen molar-refractivity contribution in [2.24, 2.45) is 5.92 Å². The number of piperidine rings is 1. The summed E-state index contributed by atoms with van der Waals surface area (Å²) in [6.07, 6.45) is -3.25. The molecule has 0 bridgehead atoms. The van der Waals surface area contributed by atoms with Crippen LogP contribution < -0.4 is 10.2 Å². The van der Waals surface area contributed by atoms with Crippen molar-refractivity contribution in [3.63, 3.8) is 0 Å². The molecule has 0 aliphatic carbocycles. The Kier molecular flexibility index (Phi) is 5.65. The molecule has 0 spiro atoms. The van der Waals surface area contributed by atoms with Gasteiger partial charge < -0.3 is 10.2 Å². The predicted molar refractivity (Wildman–Crippen MR) is 101 cm³/mol. The van der Waals surface area contributed by atoms with Crippen LogP contribution in [0.2, 0.25) is 5.02 Å². The van der Waals surface area contributed by atoms with Crippen LogP contribution in [0.3, 0.4) is 0 Å². The molecule has 3 nitrogen and oxygen atoms in total. The van der Waals surface area contributed by atoms with Gasteiger partial charge in [-0.05, 0) is 50.1 Å². The number of nitrogens with zero attached hydrogens (tertiary/aromatic N) is 1. The number of rotatable bonds is 3. The molecule has 2 aromatic rings. The van der Waals surface area contributed by atoms with Crippen molar-refractivity contribution in [2.75, 3.05) is 23.3 Å². The largest absolute Gasteiger partial charge is 0.417 e. The lowest BCUT2D eigenvalue weighted by molar-refractivity contribution is -0.137. The maximum absolute atomic E-state index is 12.9. The fourth-order valence-corrected chi connectivity index (χ4v) is 3.44. The summed E-state index contributed by atoms with van der Waals surface area (Å²) in [6, 6.07) is 11.6. The molecule has 1 heterocycles. The van der Waals surface area contributed by atoms with Gasteiger partial charge in [-0.2, -0.15) is 13.2 Å². The number of amides is 1. The number of anilines is 2. The average molecular weight is 397 g/mol. The standard InChI is InChI=1S/C20H20ClF3N2O/c1-13-2-5-16(6-3-13)26-10-8-14(9-11-26)19(27)25-15-4-7-18(21)17(12-15)20(22,23)24/h2-7,12,14H,8-11H2,1H3,(H,25,27). The number of carbonyl (C=O) groups excluding carboxylic acids is 1. The Labute approximate surface area is 161 Å². The minimum Gasteiger partial charge on any atom is -0.371 e. The number of hydrogen-bond acceptors (Lipinski definition) is 2. The minimum atomic E-state index is -4.56. The summed E-state index contributed by atoms with van der Waals surface area (Å²) in [5, 5.41) is 2.21. The maximum atomic E-state index is 12.9. The number of aryl methyl sites for hydroxylation is 1. The fraction of sp³-hybridized carbons (Fsp3) is 0.350. The van der Waals surface area contributed by atoms with Crippen LogP contribution in [0.25, 0.3) is 0 Å². The molecule has 27 heavy (non-hydrogen) atoms. The number of carbonyl (C=O) groups is 1. The molecule has 0 aromatic heterocycles. The van der Waals surface area contributed by atoms with Crippen LogP contribution in [0.15, 0.2) is 42.5 Å². The quantitative estimate of drug-likeness (QED) is 0.740. The predicted octanol–water partition coefficient (Wildman–Crippen LogP) is 5.52. The SMILES string of the molecule is Cc1ccc(N2CCC(C(=O)Nc3ccc(Cl)c(C(F)(F)F)c3)CC2)cc1. The van der Waals surface area contributed by atoms with E-state index in [1.54, 1.807) is 0 Å². The normalized spacial score (nSPS) is 15.7. The van der Waals surface area contributed by atoms with Gasteiger partial charge in [0, 0.05) is 30.4 Å². The Hall–Kier alpha value is -2.21. The van der Waals surface area contributed by atoms with Gasteiger partial charge in [0.1, 0.15) is 0 Å². The van der Waals surface area contributed by atoms with Crippen LogP contribution in [-0.4, -0.2) is 19.0 Å². The number of alkyl halides is 3. The molecule has 1 saturated heterocycles. The van der Waals surface area contributed by atoms with Crippen molar-refractivity contribution in [1.82, 2.24) is 0 Å². The highest BCUT2D eigenvalue weighted by molar-refractivity contribution is 6.31. The van der Waals surface area contributed by atoms with Gasteiger partial charge >= 0.3 is 6.18 Å². The Balaban J connectivity index is 1.61. The first kappa shape index (κ1) is 19.5. The fourth-order valence-electron chi connectivity index (χ4n) is 3.22. The lowest BCUT2D eigenvalue weighted by Crippen LogP contribution is -2.38. The van der Waals surface area contributed by atoms with Crippen molar-refractivity contribution in [2.45, 2.75) is 25.9 Å². The smallest absolute Gasteiger partial charge is 0.371 e. The summed E-state index contributed by atoms with van der Waals surface area (Å²) in [4.78, 5) is 14.7. The zero-order valence-corrected chi connectivity index (χ0v) is 15.6. The van der Waals surface area contributed by atoms with Gasteiger partial charge in [-0.1, -0.05) is 29.3 Å². The molecule has 7 heteroatoms. The topological polar surface area (TPSA) is 32.3 Å². The monoisotopic (exact) mass is 396 g/mol. The second kappa shape index (κ2) is 7.80. The van der Waals surface area contributed by atoms with Gasteiger partial charge in [0.05, 0.1) is 10.6 Å². The molecule has 1 aliphatic heterocycles. The highest BCUT2D eigenvalue weighted by atomic mass is 35.5. The lowest BCUT2D eigenvalue weighted by Gasteiger charge is -2.33. The van der Waals surface area contributed by atoms with Gasteiger partial charge in [-0.25, -0.2) is 0 Å². The molecular formula is C20H20ClF3N2O. The van der Waals surface area contributed by atoms with E-state index in [2.05, 4.69) is 22.3 Å². The molecular weight excluding hydrogens is 377 g/mol. The van der Waals surface area contributed by atoms with Crippen molar-refractivity contribution in [3.8, 4) is 0 Å². The summed E-state index contributed by atoms with van der Waals surface area (Å²) in [5.41, 5.74) is 1.47. The van der Waals surface area contributed by atoms with Crippen LogP contribution in [0, 0.1) is 12.8 Å². The highest BCUT2D eigenvalue weighted by Gasteiger charge is 2.33.